The highest BCUT2D eigenvalue weighted by Gasteiger charge is 2.06. The van der Waals surface area contributed by atoms with Crippen LogP contribution in [0.4, 0.5) is 16.2 Å². The fourth-order valence-electron chi connectivity index (χ4n) is 1.12. The van der Waals surface area contributed by atoms with Gasteiger partial charge in [0.25, 0.3) is 0 Å². The van der Waals surface area contributed by atoms with Gasteiger partial charge in [-0.1, -0.05) is 6.92 Å². The Morgan fingerprint density at radius 3 is 2.88 bits per heavy atom. The van der Waals surface area contributed by atoms with Crippen molar-refractivity contribution in [1.82, 2.24) is 9.97 Å². The maximum atomic E-state index is 13.3. The second-order valence-corrected chi connectivity index (χ2v) is 3.46. The van der Waals surface area contributed by atoms with E-state index < -0.39 is 11.7 Å². The first-order valence-corrected chi connectivity index (χ1v) is 5.42. The van der Waals surface area contributed by atoms with Crippen LogP contribution >= 0.6 is 0 Å². The number of hydrogen-bond acceptors (Lipinski definition) is 5. The van der Waals surface area contributed by atoms with Crippen LogP contribution in [0.15, 0.2) is 6.20 Å². The fourth-order valence-corrected chi connectivity index (χ4v) is 1.12. The van der Waals surface area contributed by atoms with Crippen molar-refractivity contribution in [3.05, 3.63) is 12.0 Å². The Labute approximate surface area is 98.8 Å². The predicted octanol–water partition coefficient (Wildman–Crippen LogP) is 0.725. The summed E-state index contributed by atoms with van der Waals surface area (Å²) in [6, 6.07) is 0. The van der Waals surface area contributed by atoms with Gasteiger partial charge in [0, 0.05) is 19.5 Å². The van der Waals surface area contributed by atoms with Crippen LogP contribution in [-0.2, 0) is 4.79 Å². The number of nitrogens with zero attached hydrogens (tertiary/aromatic N) is 2. The minimum absolute atomic E-state index is 0.0693. The maximum Gasteiger partial charge on any atom is 0.224 e. The van der Waals surface area contributed by atoms with Crippen LogP contribution < -0.4 is 16.4 Å². The lowest BCUT2D eigenvalue weighted by molar-refractivity contribution is -0.117. The zero-order chi connectivity index (χ0) is 12.7. The van der Waals surface area contributed by atoms with E-state index in [0.717, 1.165) is 12.6 Å². The number of primary amides is 1. The standard InChI is InChI=1S/C10H16FN5O/c1-2-4-14-10-15-6-7(11)9(16-10)13-5-3-8(12)17/h6H,2-5H2,1H3,(H2,12,17)(H2,13,14,15,16). The average molecular weight is 241 g/mol. The van der Waals surface area contributed by atoms with Crippen molar-refractivity contribution < 1.29 is 9.18 Å². The van der Waals surface area contributed by atoms with Crippen LogP contribution in [0.25, 0.3) is 0 Å². The molecule has 0 aliphatic carbocycles. The molecule has 7 heteroatoms. The Bertz CT molecular complexity index is 385. The van der Waals surface area contributed by atoms with E-state index in [0.29, 0.717) is 12.5 Å². The van der Waals surface area contributed by atoms with Crippen LogP contribution in [0.5, 0.6) is 0 Å². The van der Waals surface area contributed by atoms with Gasteiger partial charge in [0.1, 0.15) is 0 Å². The number of halogens is 1. The molecule has 0 unspecified atom stereocenters. The van der Waals surface area contributed by atoms with Gasteiger partial charge in [-0.25, -0.2) is 9.37 Å². The normalized spacial score (nSPS) is 10.0. The summed E-state index contributed by atoms with van der Waals surface area (Å²) in [4.78, 5) is 18.3. The summed E-state index contributed by atoms with van der Waals surface area (Å²) in [5.74, 6) is -0.581. The Kier molecular flexibility index (Phi) is 5.12. The quantitative estimate of drug-likeness (QED) is 0.654. The van der Waals surface area contributed by atoms with E-state index in [9.17, 15) is 9.18 Å². The lowest BCUT2D eigenvalue weighted by atomic mass is 10.4. The van der Waals surface area contributed by atoms with Crippen LogP contribution in [0, 0.1) is 5.82 Å². The molecule has 0 aromatic carbocycles. The van der Waals surface area contributed by atoms with E-state index in [-0.39, 0.29) is 18.8 Å². The molecule has 0 aliphatic rings. The summed E-state index contributed by atoms with van der Waals surface area (Å²) in [6.07, 6.45) is 2.13. The zero-order valence-corrected chi connectivity index (χ0v) is 9.66. The van der Waals surface area contributed by atoms with Gasteiger partial charge in [-0.3, -0.25) is 4.79 Å². The first kappa shape index (κ1) is 13.1. The van der Waals surface area contributed by atoms with Gasteiger partial charge in [-0.2, -0.15) is 4.98 Å². The third-order valence-corrected chi connectivity index (χ3v) is 1.94. The van der Waals surface area contributed by atoms with Crippen molar-refractivity contribution in [2.45, 2.75) is 19.8 Å². The fraction of sp³-hybridized carbons (Fsp3) is 0.500. The van der Waals surface area contributed by atoms with Crippen LogP contribution in [0.1, 0.15) is 19.8 Å². The van der Waals surface area contributed by atoms with Crippen molar-refractivity contribution in [2.75, 3.05) is 23.7 Å². The summed E-state index contributed by atoms with van der Waals surface area (Å²) >= 11 is 0. The molecular weight excluding hydrogens is 225 g/mol. The SMILES string of the molecule is CCCNc1ncc(F)c(NCCC(N)=O)n1. The monoisotopic (exact) mass is 241 g/mol. The number of anilines is 2. The number of aromatic nitrogens is 2. The molecule has 0 aliphatic heterocycles. The number of carbonyl (C=O) groups is 1. The molecular formula is C10H16FN5O. The number of hydrogen-bond donors (Lipinski definition) is 3. The molecule has 0 spiro atoms. The van der Waals surface area contributed by atoms with Gasteiger partial charge in [0.2, 0.25) is 11.9 Å². The summed E-state index contributed by atoms with van der Waals surface area (Å²) in [6.45, 7) is 2.96. The van der Waals surface area contributed by atoms with Crippen molar-refractivity contribution >= 4 is 17.7 Å². The first-order valence-electron chi connectivity index (χ1n) is 5.42. The summed E-state index contributed by atoms with van der Waals surface area (Å²) < 4.78 is 13.3. The van der Waals surface area contributed by atoms with Gasteiger partial charge < -0.3 is 16.4 Å². The van der Waals surface area contributed by atoms with Crippen molar-refractivity contribution in [2.24, 2.45) is 5.73 Å². The van der Waals surface area contributed by atoms with Crippen molar-refractivity contribution in [1.29, 1.82) is 0 Å². The van der Waals surface area contributed by atoms with Gasteiger partial charge in [0.05, 0.1) is 6.20 Å². The second kappa shape index (κ2) is 6.62. The molecule has 1 amide bonds. The van der Waals surface area contributed by atoms with Crippen molar-refractivity contribution in [3.63, 3.8) is 0 Å². The molecule has 1 heterocycles. The molecule has 0 atom stereocenters. The maximum absolute atomic E-state index is 13.3. The highest BCUT2D eigenvalue weighted by molar-refractivity contribution is 5.74. The molecule has 1 rings (SSSR count). The van der Waals surface area contributed by atoms with E-state index in [1.165, 1.54) is 0 Å². The molecule has 94 valence electrons. The number of amides is 1. The zero-order valence-electron chi connectivity index (χ0n) is 9.66. The number of nitrogens with two attached hydrogens (primary N) is 1. The molecule has 1 aromatic heterocycles. The molecule has 1 aromatic rings. The van der Waals surface area contributed by atoms with Crippen LogP contribution in [0.2, 0.25) is 0 Å². The molecule has 4 N–H and O–H groups in total. The first-order chi connectivity index (χ1) is 8.13. The smallest absolute Gasteiger partial charge is 0.224 e. The Hall–Kier alpha value is -1.92. The largest absolute Gasteiger partial charge is 0.370 e. The summed E-state index contributed by atoms with van der Waals surface area (Å²) in [7, 11) is 0. The predicted molar refractivity (Wildman–Crippen MR) is 63.1 cm³/mol. The highest BCUT2D eigenvalue weighted by Crippen LogP contribution is 2.11. The Morgan fingerprint density at radius 2 is 2.24 bits per heavy atom. The molecule has 0 saturated carbocycles. The molecule has 0 bridgehead atoms. The topological polar surface area (TPSA) is 92.9 Å². The van der Waals surface area contributed by atoms with Crippen molar-refractivity contribution in [3.8, 4) is 0 Å². The minimum Gasteiger partial charge on any atom is -0.370 e. The summed E-state index contributed by atoms with van der Waals surface area (Å²) in [5.41, 5.74) is 4.97. The van der Waals surface area contributed by atoms with Crippen LogP contribution in [0.3, 0.4) is 0 Å². The van der Waals surface area contributed by atoms with E-state index in [1.807, 2.05) is 6.92 Å². The van der Waals surface area contributed by atoms with E-state index in [1.54, 1.807) is 0 Å². The molecule has 6 nitrogen and oxygen atoms in total. The van der Waals surface area contributed by atoms with E-state index in [4.69, 9.17) is 5.73 Å². The Morgan fingerprint density at radius 1 is 1.47 bits per heavy atom. The molecule has 0 radical (unpaired) electrons. The van der Waals surface area contributed by atoms with Gasteiger partial charge >= 0.3 is 0 Å². The minimum atomic E-state index is -0.559. The van der Waals surface area contributed by atoms with E-state index in [2.05, 4.69) is 20.6 Å². The Balaban J connectivity index is 2.59. The highest BCUT2D eigenvalue weighted by atomic mass is 19.1. The number of rotatable bonds is 7. The average Bonchev–Trinajstić information content (AvgIpc) is 2.29. The number of nitrogens with one attached hydrogen (secondary N) is 2. The third kappa shape index (κ3) is 4.62. The lowest BCUT2D eigenvalue weighted by Crippen LogP contribution is -2.17. The molecule has 17 heavy (non-hydrogen) atoms. The molecule has 0 saturated heterocycles. The van der Waals surface area contributed by atoms with Gasteiger partial charge in [0.15, 0.2) is 11.6 Å². The van der Waals surface area contributed by atoms with Gasteiger partial charge in [-0.15, -0.1) is 0 Å². The molecule has 0 fully saturated rings. The van der Waals surface area contributed by atoms with E-state index >= 15 is 0 Å². The third-order valence-electron chi connectivity index (χ3n) is 1.94. The second-order valence-electron chi connectivity index (χ2n) is 3.46. The number of carbonyl (C=O) groups excluding carboxylic acids is 1. The van der Waals surface area contributed by atoms with Gasteiger partial charge in [-0.05, 0) is 6.42 Å². The summed E-state index contributed by atoms with van der Waals surface area (Å²) in [5, 5.41) is 5.63. The van der Waals surface area contributed by atoms with Crippen LogP contribution in [-0.4, -0.2) is 29.0 Å². The lowest BCUT2D eigenvalue weighted by Gasteiger charge is -2.07.